The van der Waals surface area contributed by atoms with E-state index in [9.17, 15) is 24.6 Å². The minimum absolute atomic E-state index is 0.106. The standard InChI is InChI=1S/C14H19N5O6/c1-6-3-19(13(24)18-10(6)23)11-8-9(22)14(5-20,25-11)4-15-12(17-8)16-7(2)21/h3,8-9,11,20,22H,4-5H2,1-2H3,(H,18,23,24)(H2,15,16,17,21)/t8?,9-,11-,14-/m1/s1. The van der Waals surface area contributed by atoms with Gasteiger partial charge in [-0.05, 0) is 6.92 Å². The van der Waals surface area contributed by atoms with Gasteiger partial charge in [0.05, 0.1) is 13.2 Å². The van der Waals surface area contributed by atoms with Crippen LogP contribution in [-0.2, 0) is 9.53 Å². The first-order chi connectivity index (χ1) is 11.8. The van der Waals surface area contributed by atoms with Crippen molar-refractivity contribution < 1.29 is 19.7 Å². The van der Waals surface area contributed by atoms with Crippen LogP contribution >= 0.6 is 0 Å². The number of aromatic nitrogens is 2. The number of nitrogens with one attached hydrogen (secondary N) is 3. The van der Waals surface area contributed by atoms with E-state index in [4.69, 9.17) is 4.74 Å². The lowest BCUT2D eigenvalue weighted by Crippen LogP contribution is -2.53. The number of aliphatic imine (C=N–C) groups is 1. The SMILES string of the molecule is CC(=O)NC1=NC[C@]2(CO)O[C@@H](n3cc(C)c(=O)[nH]c3=O)C(N1)[C@H]2O. The average molecular weight is 353 g/mol. The number of H-pyrrole nitrogens is 1. The van der Waals surface area contributed by atoms with Gasteiger partial charge in [0.2, 0.25) is 5.91 Å². The average Bonchev–Trinajstić information content (AvgIpc) is 2.72. The lowest BCUT2D eigenvalue weighted by Gasteiger charge is -2.27. The Balaban J connectivity index is 2.05. The Kier molecular flexibility index (Phi) is 4.22. The van der Waals surface area contributed by atoms with Crippen molar-refractivity contribution >= 4 is 11.9 Å². The van der Waals surface area contributed by atoms with Crippen molar-refractivity contribution in [3.8, 4) is 0 Å². The summed E-state index contributed by atoms with van der Waals surface area (Å²) in [5.41, 5.74) is -2.39. The smallest absolute Gasteiger partial charge is 0.330 e. The number of ether oxygens (including phenoxy) is 1. The largest absolute Gasteiger partial charge is 0.393 e. The first kappa shape index (κ1) is 17.3. The molecule has 4 atom stereocenters. The van der Waals surface area contributed by atoms with Crippen LogP contribution < -0.4 is 21.9 Å². The van der Waals surface area contributed by atoms with Crippen LogP contribution in [0.1, 0.15) is 18.7 Å². The minimum atomic E-state index is -1.44. The second kappa shape index (κ2) is 6.10. The van der Waals surface area contributed by atoms with Gasteiger partial charge in [-0.15, -0.1) is 0 Å². The van der Waals surface area contributed by atoms with E-state index in [1.807, 2.05) is 0 Å². The van der Waals surface area contributed by atoms with Crippen LogP contribution in [0.25, 0.3) is 0 Å². The second-order valence-corrected chi connectivity index (χ2v) is 6.17. The highest BCUT2D eigenvalue weighted by atomic mass is 16.6. The van der Waals surface area contributed by atoms with Gasteiger partial charge in [-0.25, -0.2) is 9.79 Å². The van der Waals surface area contributed by atoms with Crippen LogP contribution in [0.2, 0.25) is 0 Å². The number of aryl methyl sites for hydroxylation is 1. The number of aliphatic hydroxyl groups excluding tert-OH is 2. The van der Waals surface area contributed by atoms with Gasteiger partial charge in [-0.3, -0.25) is 24.5 Å². The molecule has 0 saturated carbocycles. The molecule has 2 aliphatic heterocycles. The summed E-state index contributed by atoms with van der Waals surface area (Å²) in [6.07, 6.45) is -0.918. The molecule has 3 heterocycles. The monoisotopic (exact) mass is 353 g/mol. The molecule has 1 amide bonds. The second-order valence-electron chi connectivity index (χ2n) is 6.17. The lowest BCUT2D eigenvalue weighted by molar-refractivity contribution is -0.122. The van der Waals surface area contributed by atoms with E-state index in [2.05, 4.69) is 20.6 Å². The van der Waals surface area contributed by atoms with Crippen molar-refractivity contribution in [2.75, 3.05) is 13.2 Å². The number of hydrogen-bond donors (Lipinski definition) is 5. The number of rotatable bonds is 2. The summed E-state index contributed by atoms with van der Waals surface area (Å²) in [6.45, 7) is 2.15. The molecule has 0 spiro atoms. The van der Waals surface area contributed by atoms with Crippen molar-refractivity contribution in [3.63, 3.8) is 0 Å². The third kappa shape index (κ3) is 2.86. The molecule has 1 unspecified atom stereocenters. The van der Waals surface area contributed by atoms with E-state index in [-0.39, 0.29) is 24.0 Å². The molecule has 2 bridgehead atoms. The predicted molar refractivity (Wildman–Crippen MR) is 85.0 cm³/mol. The number of aromatic amines is 1. The minimum Gasteiger partial charge on any atom is -0.393 e. The zero-order chi connectivity index (χ0) is 18.4. The molecule has 11 nitrogen and oxygen atoms in total. The molecule has 1 aromatic rings. The number of fused-ring (bicyclic) bond motifs is 2. The summed E-state index contributed by atoms with van der Waals surface area (Å²) < 4.78 is 6.92. The van der Waals surface area contributed by atoms with Crippen molar-refractivity contribution in [2.45, 2.75) is 37.8 Å². The van der Waals surface area contributed by atoms with Gasteiger partial charge >= 0.3 is 5.69 Å². The van der Waals surface area contributed by atoms with Gasteiger partial charge in [-0.2, -0.15) is 0 Å². The molecule has 0 radical (unpaired) electrons. The topological polar surface area (TPSA) is 158 Å². The van der Waals surface area contributed by atoms with Gasteiger partial charge < -0.3 is 20.3 Å². The predicted octanol–water partition coefficient (Wildman–Crippen LogP) is -3.07. The molecule has 11 heteroatoms. The van der Waals surface area contributed by atoms with Crippen molar-refractivity contribution in [3.05, 3.63) is 32.6 Å². The fourth-order valence-corrected chi connectivity index (χ4v) is 2.99. The molecule has 25 heavy (non-hydrogen) atoms. The van der Waals surface area contributed by atoms with Crippen LogP contribution in [0.15, 0.2) is 20.8 Å². The molecule has 0 aliphatic carbocycles. The molecular formula is C14H19N5O6. The van der Waals surface area contributed by atoms with Crippen LogP contribution in [0.5, 0.6) is 0 Å². The van der Waals surface area contributed by atoms with Crippen LogP contribution in [0, 0.1) is 6.92 Å². The van der Waals surface area contributed by atoms with E-state index < -0.39 is 41.8 Å². The third-order valence-corrected chi connectivity index (χ3v) is 4.33. The summed E-state index contributed by atoms with van der Waals surface area (Å²) in [5.74, 6) is -0.263. The maximum absolute atomic E-state index is 12.2. The number of aliphatic hydroxyl groups is 2. The van der Waals surface area contributed by atoms with Crippen LogP contribution in [0.4, 0.5) is 0 Å². The van der Waals surface area contributed by atoms with Gasteiger partial charge in [0.1, 0.15) is 17.7 Å². The van der Waals surface area contributed by atoms with E-state index in [1.54, 1.807) is 0 Å². The molecule has 1 fully saturated rings. The quantitative estimate of drug-likeness (QED) is 0.377. The molecule has 0 aromatic carbocycles. The fourth-order valence-electron chi connectivity index (χ4n) is 2.99. The Morgan fingerprint density at radius 1 is 1.56 bits per heavy atom. The molecule has 3 rings (SSSR count). The van der Waals surface area contributed by atoms with Gasteiger partial charge in [0.25, 0.3) is 5.56 Å². The first-order valence-corrected chi connectivity index (χ1v) is 7.65. The van der Waals surface area contributed by atoms with Gasteiger partial charge in [0, 0.05) is 18.7 Å². The van der Waals surface area contributed by atoms with Gasteiger partial charge in [-0.1, -0.05) is 0 Å². The fraction of sp³-hybridized carbons (Fsp3) is 0.571. The van der Waals surface area contributed by atoms with Crippen molar-refractivity contribution in [1.29, 1.82) is 0 Å². The first-order valence-electron chi connectivity index (χ1n) is 7.65. The highest BCUT2D eigenvalue weighted by molar-refractivity contribution is 5.96. The summed E-state index contributed by atoms with van der Waals surface area (Å²) in [4.78, 5) is 41.3. The van der Waals surface area contributed by atoms with E-state index in [0.717, 1.165) is 4.57 Å². The van der Waals surface area contributed by atoms with Crippen molar-refractivity contribution in [2.24, 2.45) is 4.99 Å². The Morgan fingerprint density at radius 3 is 2.92 bits per heavy atom. The summed E-state index contributed by atoms with van der Waals surface area (Å²) >= 11 is 0. The Bertz CT molecular complexity index is 845. The normalized spacial score (nSPS) is 31.0. The number of carbonyl (C=O) groups excluding carboxylic acids is 1. The van der Waals surface area contributed by atoms with Gasteiger partial charge in [0.15, 0.2) is 12.2 Å². The Morgan fingerprint density at radius 2 is 2.28 bits per heavy atom. The van der Waals surface area contributed by atoms with E-state index in [0.29, 0.717) is 0 Å². The Hall–Kier alpha value is -2.50. The third-order valence-electron chi connectivity index (χ3n) is 4.33. The highest BCUT2D eigenvalue weighted by Crippen LogP contribution is 2.38. The highest BCUT2D eigenvalue weighted by Gasteiger charge is 2.57. The van der Waals surface area contributed by atoms with E-state index in [1.165, 1.54) is 20.0 Å². The summed E-state index contributed by atoms with van der Waals surface area (Å²) in [6, 6.07) is -0.886. The molecule has 1 aromatic heterocycles. The van der Waals surface area contributed by atoms with Crippen LogP contribution in [0.3, 0.4) is 0 Å². The number of amides is 1. The zero-order valence-corrected chi connectivity index (χ0v) is 13.6. The molecule has 5 N–H and O–H groups in total. The number of carbonyl (C=O) groups is 1. The Labute approximate surface area is 141 Å². The molecule has 1 saturated heterocycles. The number of guanidine groups is 1. The molecule has 136 valence electrons. The van der Waals surface area contributed by atoms with Crippen molar-refractivity contribution in [1.82, 2.24) is 20.2 Å². The number of hydrogen-bond acceptors (Lipinski definition) is 8. The van der Waals surface area contributed by atoms with E-state index >= 15 is 0 Å². The lowest BCUT2D eigenvalue weighted by atomic mass is 9.95. The maximum atomic E-state index is 12.2. The number of nitrogens with zero attached hydrogens (tertiary/aromatic N) is 2. The zero-order valence-electron chi connectivity index (χ0n) is 13.6. The van der Waals surface area contributed by atoms with Crippen LogP contribution in [-0.4, -0.2) is 62.5 Å². The summed E-state index contributed by atoms with van der Waals surface area (Å²) in [5, 5.41) is 25.7. The molecule has 2 aliphatic rings. The summed E-state index contributed by atoms with van der Waals surface area (Å²) in [7, 11) is 0. The molecular weight excluding hydrogens is 334 g/mol. The maximum Gasteiger partial charge on any atom is 0.330 e.